The molecule has 2 N–H and O–H groups in total. The fourth-order valence-corrected chi connectivity index (χ4v) is 2.90. The zero-order chi connectivity index (χ0) is 13.0. The quantitative estimate of drug-likeness (QED) is 0.861. The van der Waals surface area contributed by atoms with E-state index in [0.29, 0.717) is 12.3 Å². The normalized spacial score (nSPS) is 27.9. The standard InChI is InChI=1S/C15H20O3/c16-14-8-6-12(11-4-2-1-3-5-11)10-13(14)7-9-15(17)18/h1-5,12-14,16H,6-10H2,(H,17,18). The van der Waals surface area contributed by atoms with Gasteiger partial charge in [0, 0.05) is 6.42 Å². The third kappa shape index (κ3) is 3.33. The molecule has 1 fully saturated rings. The number of carbonyl (C=O) groups is 1. The zero-order valence-corrected chi connectivity index (χ0v) is 10.5. The molecule has 0 saturated heterocycles. The van der Waals surface area contributed by atoms with Crippen LogP contribution in [0.5, 0.6) is 0 Å². The first kappa shape index (κ1) is 13.1. The summed E-state index contributed by atoms with van der Waals surface area (Å²) in [5, 5.41) is 18.7. The van der Waals surface area contributed by atoms with Gasteiger partial charge in [0.05, 0.1) is 6.10 Å². The Hall–Kier alpha value is -1.35. The van der Waals surface area contributed by atoms with Gasteiger partial charge in [0.15, 0.2) is 0 Å². The Balaban J connectivity index is 1.98. The molecule has 0 aliphatic heterocycles. The van der Waals surface area contributed by atoms with E-state index in [1.54, 1.807) is 0 Å². The molecular formula is C15H20O3. The highest BCUT2D eigenvalue weighted by molar-refractivity contribution is 5.66. The maximum absolute atomic E-state index is 10.6. The van der Waals surface area contributed by atoms with Gasteiger partial charge in [-0.3, -0.25) is 4.79 Å². The molecule has 3 atom stereocenters. The van der Waals surface area contributed by atoms with Crippen molar-refractivity contribution < 1.29 is 15.0 Å². The minimum absolute atomic E-state index is 0.125. The highest BCUT2D eigenvalue weighted by Gasteiger charge is 2.29. The van der Waals surface area contributed by atoms with Gasteiger partial charge >= 0.3 is 5.97 Å². The molecule has 3 nitrogen and oxygen atoms in total. The van der Waals surface area contributed by atoms with E-state index < -0.39 is 5.97 Å². The number of aliphatic hydroxyl groups is 1. The number of hydrogen-bond donors (Lipinski definition) is 2. The second kappa shape index (κ2) is 6.01. The first-order valence-electron chi connectivity index (χ1n) is 6.61. The molecule has 0 aromatic heterocycles. The first-order valence-corrected chi connectivity index (χ1v) is 6.61. The third-order valence-electron chi connectivity index (χ3n) is 3.94. The Labute approximate surface area is 107 Å². The van der Waals surface area contributed by atoms with Crippen LogP contribution in [0.1, 0.15) is 43.6 Å². The lowest BCUT2D eigenvalue weighted by Gasteiger charge is -2.33. The fraction of sp³-hybridized carbons (Fsp3) is 0.533. The maximum Gasteiger partial charge on any atom is 0.303 e. The van der Waals surface area contributed by atoms with E-state index in [1.165, 1.54) is 5.56 Å². The molecule has 0 radical (unpaired) electrons. The minimum Gasteiger partial charge on any atom is -0.481 e. The van der Waals surface area contributed by atoms with Gasteiger partial charge in [0.1, 0.15) is 0 Å². The van der Waals surface area contributed by atoms with Crippen LogP contribution in [0.25, 0.3) is 0 Å². The molecule has 3 heteroatoms. The second-order valence-corrected chi connectivity index (χ2v) is 5.18. The third-order valence-corrected chi connectivity index (χ3v) is 3.94. The van der Waals surface area contributed by atoms with Crippen molar-refractivity contribution in [3.63, 3.8) is 0 Å². The molecule has 1 aromatic rings. The van der Waals surface area contributed by atoms with Crippen LogP contribution in [0.15, 0.2) is 30.3 Å². The molecule has 98 valence electrons. The highest BCUT2D eigenvalue weighted by Crippen LogP contribution is 2.38. The van der Waals surface area contributed by atoms with Gasteiger partial charge in [0.2, 0.25) is 0 Å². The first-order chi connectivity index (χ1) is 8.66. The summed E-state index contributed by atoms with van der Waals surface area (Å²) < 4.78 is 0. The largest absolute Gasteiger partial charge is 0.481 e. The van der Waals surface area contributed by atoms with Crippen molar-refractivity contribution in [1.29, 1.82) is 0 Å². The molecule has 0 heterocycles. The van der Waals surface area contributed by atoms with Crippen molar-refractivity contribution in [3.8, 4) is 0 Å². The van der Waals surface area contributed by atoms with Gasteiger partial charge < -0.3 is 10.2 Å². The van der Waals surface area contributed by atoms with E-state index in [1.807, 2.05) is 18.2 Å². The van der Waals surface area contributed by atoms with Gasteiger partial charge in [-0.1, -0.05) is 30.3 Å². The molecule has 1 aliphatic carbocycles. The average molecular weight is 248 g/mol. The Kier molecular flexibility index (Phi) is 4.37. The number of hydrogen-bond acceptors (Lipinski definition) is 2. The van der Waals surface area contributed by atoms with Crippen molar-refractivity contribution in [2.24, 2.45) is 5.92 Å². The molecule has 1 saturated carbocycles. The van der Waals surface area contributed by atoms with Crippen molar-refractivity contribution in [2.75, 3.05) is 0 Å². The van der Waals surface area contributed by atoms with Crippen LogP contribution in [0.3, 0.4) is 0 Å². The second-order valence-electron chi connectivity index (χ2n) is 5.18. The summed E-state index contributed by atoms with van der Waals surface area (Å²) in [7, 11) is 0. The Morgan fingerprint density at radius 1 is 1.22 bits per heavy atom. The lowest BCUT2D eigenvalue weighted by Crippen LogP contribution is -2.28. The van der Waals surface area contributed by atoms with E-state index in [2.05, 4.69) is 12.1 Å². The van der Waals surface area contributed by atoms with Crippen molar-refractivity contribution in [1.82, 2.24) is 0 Å². The van der Waals surface area contributed by atoms with E-state index >= 15 is 0 Å². The van der Waals surface area contributed by atoms with Crippen LogP contribution in [0.4, 0.5) is 0 Å². The summed E-state index contributed by atoms with van der Waals surface area (Å²) in [5.74, 6) is -0.183. The smallest absolute Gasteiger partial charge is 0.303 e. The van der Waals surface area contributed by atoms with Crippen LogP contribution in [-0.4, -0.2) is 22.3 Å². The molecule has 18 heavy (non-hydrogen) atoms. The van der Waals surface area contributed by atoms with Crippen LogP contribution < -0.4 is 0 Å². The lowest BCUT2D eigenvalue weighted by molar-refractivity contribution is -0.137. The molecular weight excluding hydrogens is 228 g/mol. The van der Waals surface area contributed by atoms with E-state index in [4.69, 9.17) is 5.11 Å². The summed E-state index contributed by atoms with van der Waals surface area (Å²) >= 11 is 0. The molecule has 0 bridgehead atoms. The fourth-order valence-electron chi connectivity index (χ4n) is 2.90. The predicted molar refractivity (Wildman–Crippen MR) is 69.4 cm³/mol. The molecule has 1 aliphatic rings. The van der Waals surface area contributed by atoms with Gasteiger partial charge in [-0.25, -0.2) is 0 Å². The number of aliphatic carboxylic acids is 1. The topological polar surface area (TPSA) is 57.5 Å². The maximum atomic E-state index is 10.6. The van der Waals surface area contributed by atoms with Gasteiger partial charge in [-0.2, -0.15) is 0 Å². The summed E-state index contributed by atoms with van der Waals surface area (Å²) in [6.07, 6.45) is 3.09. The van der Waals surface area contributed by atoms with Crippen LogP contribution in [0, 0.1) is 5.92 Å². The number of benzene rings is 1. The highest BCUT2D eigenvalue weighted by atomic mass is 16.4. The Bertz CT molecular complexity index is 388. The number of aliphatic hydroxyl groups excluding tert-OH is 1. The molecule has 3 unspecified atom stereocenters. The van der Waals surface area contributed by atoms with Crippen molar-refractivity contribution in [2.45, 2.75) is 44.1 Å². The van der Waals surface area contributed by atoms with Crippen molar-refractivity contribution >= 4 is 5.97 Å². The number of carboxylic acids is 1. The SMILES string of the molecule is O=C(O)CCC1CC(c2ccccc2)CCC1O. The number of carboxylic acid groups (broad SMARTS) is 1. The van der Waals surface area contributed by atoms with E-state index in [9.17, 15) is 9.90 Å². The van der Waals surface area contributed by atoms with Gasteiger partial charge in [-0.15, -0.1) is 0 Å². The monoisotopic (exact) mass is 248 g/mol. The summed E-state index contributed by atoms with van der Waals surface area (Å²) in [6.45, 7) is 0. The van der Waals surface area contributed by atoms with Crippen LogP contribution in [0.2, 0.25) is 0 Å². The molecule has 2 rings (SSSR count). The average Bonchev–Trinajstić information content (AvgIpc) is 2.38. The minimum atomic E-state index is -0.774. The van der Waals surface area contributed by atoms with Gasteiger partial charge in [-0.05, 0) is 43.1 Å². The summed E-state index contributed by atoms with van der Waals surface area (Å²) in [6, 6.07) is 10.3. The predicted octanol–water partition coefficient (Wildman–Crippen LogP) is 2.80. The molecule has 1 aromatic carbocycles. The Morgan fingerprint density at radius 3 is 2.61 bits per heavy atom. The lowest BCUT2D eigenvalue weighted by atomic mass is 9.75. The van der Waals surface area contributed by atoms with Crippen LogP contribution >= 0.6 is 0 Å². The molecule has 0 spiro atoms. The van der Waals surface area contributed by atoms with E-state index in [0.717, 1.165) is 19.3 Å². The van der Waals surface area contributed by atoms with E-state index in [-0.39, 0.29) is 18.4 Å². The summed E-state index contributed by atoms with van der Waals surface area (Å²) in [5.41, 5.74) is 1.31. The number of rotatable bonds is 4. The zero-order valence-electron chi connectivity index (χ0n) is 10.5. The summed E-state index contributed by atoms with van der Waals surface area (Å²) in [4.78, 5) is 10.6. The molecule has 0 amide bonds. The Morgan fingerprint density at radius 2 is 1.94 bits per heavy atom. The van der Waals surface area contributed by atoms with Gasteiger partial charge in [0.25, 0.3) is 0 Å². The van der Waals surface area contributed by atoms with Crippen molar-refractivity contribution in [3.05, 3.63) is 35.9 Å². The van der Waals surface area contributed by atoms with Crippen LogP contribution in [-0.2, 0) is 4.79 Å².